The van der Waals surface area contributed by atoms with E-state index < -0.39 is 17.7 Å². The number of carbonyl (C=O) groups excluding carboxylic acids is 2. The number of nitrogens with zero attached hydrogens (tertiary/aromatic N) is 1. The van der Waals surface area contributed by atoms with Gasteiger partial charge in [0, 0.05) is 13.0 Å². The van der Waals surface area contributed by atoms with Gasteiger partial charge in [0.1, 0.15) is 29.4 Å². The number of ether oxygens (including phenoxy) is 1. The molecule has 21 heavy (non-hydrogen) atoms. The Balaban J connectivity index is 2.09. The van der Waals surface area contributed by atoms with Crippen molar-refractivity contribution in [1.82, 2.24) is 4.90 Å². The Morgan fingerprint density at radius 3 is 2.57 bits per heavy atom. The second-order valence-electron chi connectivity index (χ2n) is 6.73. The number of aldehydes is 1. The summed E-state index contributed by atoms with van der Waals surface area (Å²) in [6, 6.07) is 2.89. The quantitative estimate of drug-likeness (QED) is 0.797. The summed E-state index contributed by atoms with van der Waals surface area (Å²) in [6.07, 6.45) is 1.26. The zero-order valence-corrected chi connectivity index (χ0v) is 13.3. The molecule has 0 N–H and O–H groups in total. The summed E-state index contributed by atoms with van der Waals surface area (Å²) in [5.74, 6) is 2.44. The fourth-order valence-corrected chi connectivity index (χ4v) is 2.24. The smallest absolute Gasteiger partial charge is 0.411 e. The van der Waals surface area contributed by atoms with Crippen molar-refractivity contribution in [3.63, 3.8) is 0 Å². The second-order valence-corrected chi connectivity index (χ2v) is 6.73. The summed E-state index contributed by atoms with van der Waals surface area (Å²) >= 11 is 0. The molecule has 0 radical (unpaired) electrons. The van der Waals surface area contributed by atoms with E-state index in [1.807, 2.05) is 6.07 Å². The molecule has 1 aromatic rings. The average Bonchev–Trinajstić information content (AvgIpc) is 2.90. The summed E-state index contributed by atoms with van der Waals surface area (Å²) in [7, 11) is 1.54. The van der Waals surface area contributed by atoms with Crippen LogP contribution in [0.5, 0.6) is 0 Å². The van der Waals surface area contributed by atoms with Crippen LogP contribution in [0.1, 0.15) is 57.6 Å². The summed E-state index contributed by atoms with van der Waals surface area (Å²) in [4.78, 5) is 24.7. The van der Waals surface area contributed by atoms with Crippen molar-refractivity contribution in [2.75, 3.05) is 7.05 Å². The lowest BCUT2D eigenvalue weighted by Crippen LogP contribution is -2.37. The zero-order valence-electron chi connectivity index (χ0n) is 13.3. The fourth-order valence-electron chi connectivity index (χ4n) is 2.24. The van der Waals surface area contributed by atoms with Gasteiger partial charge >= 0.3 is 6.09 Å². The van der Waals surface area contributed by atoms with Crippen molar-refractivity contribution in [2.45, 2.75) is 51.7 Å². The molecule has 0 aromatic carbocycles. The lowest BCUT2D eigenvalue weighted by molar-refractivity contribution is -0.112. The van der Waals surface area contributed by atoms with Crippen LogP contribution in [0.2, 0.25) is 0 Å². The van der Waals surface area contributed by atoms with E-state index >= 15 is 0 Å². The van der Waals surface area contributed by atoms with E-state index in [0.717, 1.165) is 12.2 Å². The third kappa shape index (κ3) is 3.65. The molecule has 1 amide bonds. The minimum absolute atomic E-state index is 0.442. The molecule has 1 aromatic heterocycles. The maximum absolute atomic E-state index is 12.0. The largest absolute Gasteiger partial charge is 0.463 e. The first-order valence-electron chi connectivity index (χ1n) is 7.23. The maximum atomic E-state index is 12.0. The van der Waals surface area contributed by atoms with Gasteiger partial charge in [-0.05, 0) is 45.2 Å². The first-order chi connectivity index (χ1) is 9.73. The number of amides is 1. The molecule has 1 heterocycles. The molecular formula is C16H23NO4. The normalized spacial score (nSPS) is 22.5. The van der Waals surface area contributed by atoms with Crippen LogP contribution in [0.3, 0.4) is 0 Å². The molecular weight excluding hydrogens is 270 g/mol. The van der Waals surface area contributed by atoms with Gasteiger partial charge in [-0.25, -0.2) is 4.79 Å². The molecule has 1 aliphatic carbocycles. The van der Waals surface area contributed by atoms with E-state index in [0.29, 0.717) is 23.9 Å². The predicted octanol–water partition coefficient (Wildman–Crippen LogP) is 3.51. The Labute approximate surface area is 125 Å². The molecule has 1 fully saturated rings. The molecule has 0 spiro atoms. The van der Waals surface area contributed by atoms with E-state index in [2.05, 4.69) is 6.92 Å². The monoisotopic (exact) mass is 293 g/mol. The third-order valence-corrected chi connectivity index (χ3v) is 3.64. The van der Waals surface area contributed by atoms with Crippen molar-refractivity contribution < 1.29 is 18.7 Å². The summed E-state index contributed by atoms with van der Waals surface area (Å²) < 4.78 is 11.0. The Morgan fingerprint density at radius 2 is 2.10 bits per heavy atom. The van der Waals surface area contributed by atoms with Crippen molar-refractivity contribution >= 4 is 12.4 Å². The molecule has 1 saturated carbocycles. The fraction of sp³-hybridized carbons (Fsp3) is 0.625. The molecule has 1 aliphatic rings. The van der Waals surface area contributed by atoms with Gasteiger partial charge < -0.3 is 13.9 Å². The van der Waals surface area contributed by atoms with Gasteiger partial charge in [-0.15, -0.1) is 0 Å². The number of hydrogen-bond donors (Lipinski definition) is 0. The van der Waals surface area contributed by atoms with E-state index in [-0.39, 0.29) is 0 Å². The van der Waals surface area contributed by atoms with Gasteiger partial charge in [0.15, 0.2) is 0 Å². The van der Waals surface area contributed by atoms with Crippen LogP contribution in [0, 0.1) is 5.92 Å². The molecule has 0 bridgehead atoms. The molecule has 2 rings (SSSR count). The van der Waals surface area contributed by atoms with Gasteiger partial charge in [0.2, 0.25) is 0 Å². The minimum atomic E-state index is -0.761. The van der Waals surface area contributed by atoms with Crippen LogP contribution in [-0.2, 0) is 9.53 Å². The van der Waals surface area contributed by atoms with Crippen molar-refractivity contribution in [1.29, 1.82) is 0 Å². The van der Waals surface area contributed by atoms with Gasteiger partial charge in [-0.1, -0.05) is 6.92 Å². The number of hydrogen-bond acceptors (Lipinski definition) is 4. The lowest BCUT2D eigenvalue weighted by atomic mass is 10.2. The van der Waals surface area contributed by atoms with Crippen molar-refractivity contribution in [3.05, 3.63) is 23.7 Å². The number of furan rings is 1. The maximum Gasteiger partial charge on any atom is 0.411 e. The lowest BCUT2D eigenvalue weighted by Gasteiger charge is -2.27. The van der Waals surface area contributed by atoms with Gasteiger partial charge in [0.25, 0.3) is 0 Å². The molecule has 5 nitrogen and oxygen atoms in total. The Bertz CT molecular complexity index is 529. The zero-order chi connectivity index (χ0) is 15.8. The topological polar surface area (TPSA) is 59.8 Å². The molecule has 0 saturated heterocycles. The highest BCUT2D eigenvalue weighted by Gasteiger charge is 2.37. The van der Waals surface area contributed by atoms with E-state index in [9.17, 15) is 9.59 Å². The second kappa shape index (κ2) is 5.54. The number of carbonyl (C=O) groups is 2. The first-order valence-corrected chi connectivity index (χ1v) is 7.23. The molecule has 3 unspecified atom stereocenters. The highest BCUT2D eigenvalue weighted by molar-refractivity contribution is 5.74. The van der Waals surface area contributed by atoms with E-state index in [1.165, 1.54) is 11.9 Å². The van der Waals surface area contributed by atoms with Crippen LogP contribution in [0.25, 0.3) is 0 Å². The molecule has 5 heteroatoms. The van der Waals surface area contributed by atoms with Crippen molar-refractivity contribution in [2.24, 2.45) is 5.92 Å². The minimum Gasteiger partial charge on any atom is -0.463 e. The Morgan fingerprint density at radius 1 is 1.48 bits per heavy atom. The number of rotatable bonds is 4. The summed E-state index contributed by atoms with van der Waals surface area (Å²) in [6.45, 7) is 7.52. The highest BCUT2D eigenvalue weighted by atomic mass is 16.6. The van der Waals surface area contributed by atoms with E-state index in [1.54, 1.807) is 26.8 Å². The third-order valence-electron chi connectivity index (χ3n) is 3.64. The van der Waals surface area contributed by atoms with Crippen LogP contribution < -0.4 is 0 Å². The number of likely N-dealkylation sites (N-methyl/N-ethyl adjacent to an activating group) is 1. The van der Waals surface area contributed by atoms with Crippen molar-refractivity contribution in [3.8, 4) is 0 Å². The van der Waals surface area contributed by atoms with Crippen LogP contribution in [0.4, 0.5) is 4.79 Å². The van der Waals surface area contributed by atoms with Gasteiger partial charge in [-0.3, -0.25) is 4.90 Å². The van der Waals surface area contributed by atoms with E-state index in [4.69, 9.17) is 9.15 Å². The Kier molecular flexibility index (Phi) is 4.12. The average molecular weight is 293 g/mol. The predicted molar refractivity (Wildman–Crippen MR) is 78.0 cm³/mol. The SMILES string of the molecule is CC1CC1c1ccc(C(C=O)N(C)C(=O)OC(C)(C)C)o1. The van der Waals surface area contributed by atoms with Crippen LogP contribution in [0.15, 0.2) is 16.5 Å². The summed E-state index contributed by atoms with van der Waals surface area (Å²) in [5, 5.41) is 0. The van der Waals surface area contributed by atoms with Gasteiger partial charge in [0.05, 0.1) is 0 Å². The van der Waals surface area contributed by atoms with Crippen LogP contribution in [-0.4, -0.2) is 29.9 Å². The van der Waals surface area contributed by atoms with Gasteiger partial charge in [-0.2, -0.15) is 0 Å². The molecule has 3 atom stereocenters. The summed E-state index contributed by atoms with van der Waals surface area (Å²) in [5.41, 5.74) is -0.601. The highest BCUT2D eigenvalue weighted by Crippen LogP contribution is 2.47. The Hall–Kier alpha value is -1.78. The van der Waals surface area contributed by atoms with Crippen LogP contribution >= 0.6 is 0 Å². The molecule has 116 valence electrons. The standard InChI is InChI=1S/C16H23NO4/c1-10-8-11(10)13-6-7-14(20-13)12(9-18)17(5)15(19)21-16(2,3)4/h6-7,9-12H,8H2,1-5H3. The first kappa shape index (κ1) is 15.6. The molecule has 0 aliphatic heterocycles.